The number of hydrogen-bond acceptors (Lipinski definition) is 5. The summed E-state index contributed by atoms with van der Waals surface area (Å²) in [5.41, 5.74) is 6.27. The molecular formula is C15H19NO4. The van der Waals surface area contributed by atoms with E-state index in [2.05, 4.69) is 0 Å². The second-order valence-electron chi connectivity index (χ2n) is 4.92. The highest BCUT2D eigenvalue weighted by Gasteiger charge is 2.29. The van der Waals surface area contributed by atoms with Crippen molar-refractivity contribution in [3.8, 4) is 0 Å². The smallest absolute Gasteiger partial charge is 0.314 e. The van der Waals surface area contributed by atoms with Gasteiger partial charge in [0, 0.05) is 5.92 Å². The van der Waals surface area contributed by atoms with Gasteiger partial charge in [-0.1, -0.05) is 30.3 Å². The molecule has 0 bridgehead atoms. The van der Waals surface area contributed by atoms with Crippen molar-refractivity contribution in [2.75, 3.05) is 19.8 Å². The van der Waals surface area contributed by atoms with Crippen LogP contribution in [0.25, 0.3) is 0 Å². The van der Waals surface area contributed by atoms with Crippen LogP contribution >= 0.6 is 0 Å². The molecule has 1 aliphatic rings. The summed E-state index contributed by atoms with van der Waals surface area (Å²) in [7, 11) is 0. The van der Waals surface area contributed by atoms with Crippen molar-refractivity contribution in [3.05, 3.63) is 35.9 Å². The van der Waals surface area contributed by atoms with Gasteiger partial charge < -0.3 is 15.2 Å². The van der Waals surface area contributed by atoms with Gasteiger partial charge in [0.15, 0.2) is 0 Å². The monoisotopic (exact) mass is 277 g/mol. The number of carbonyl (C=O) groups is 2. The van der Waals surface area contributed by atoms with E-state index in [0.717, 1.165) is 5.56 Å². The summed E-state index contributed by atoms with van der Waals surface area (Å²) in [6, 6.07) is 9.15. The highest BCUT2D eigenvalue weighted by molar-refractivity contribution is 5.84. The Hall–Kier alpha value is -1.88. The molecule has 108 valence electrons. The lowest BCUT2D eigenvalue weighted by Crippen LogP contribution is -2.22. The molecule has 5 heteroatoms. The number of carbonyl (C=O) groups excluding carboxylic acids is 2. The number of cyclic esters (lactones) is 2. The topological polar surface area (TPSA) is 78.6 Å². The summed E-state index contributed by atoms with van der Waals surface area (Å²) < 4.78 is 10.5. The molecular weight excluding hydrogens is 258 g/mol. The zero-order valence-electron chi connectivity index (χ0n) is 11.3. The van der Waals surface area contributed by atoms with Gasteiger partial charge in [-0.05, 0) is 18.5 Å². The Kier molecular flexibility index (Phi) is 5.12. The first-order chi connectivity index (χ1) is 9.70. The normalized spacial score (nSPS) is 24.1. The van der Waals surface area contributed by atoms with E-state index in [1.54, 1.807) is 0 Å². The van der Waals surface area contributed by atoms with Crippen LogP contribution in [0.4, 0.5) is 0 Å². The minimum atomic E-state index is -0.597. The summed E-state index contributed by atoms with van der Waals surface area (Å²) in [5.74, 6) is -1.38. The van der Waals surface area contributed by atoms with Crippen molar-refractivity contribution in [1.29, 1.82) is 0 Å². The third-order valence-electron chi connectivity index (χ3n) is 3.37. The van der Waals surface area contributed by atoms with Gasteiger partial charge in [0.1, 0.15) is 0 Å². The standard InChI is InChI=1S/C15H19NO4/c16-7-6-11-9-19-14(17)8-13(15(18)20-10-11)12-4-2-1-3-5-12/h1-5,11,13H,6-10,16H2. The lowest BCUT2D eigenvalue weighted by Gasteiger charge is -2.15. The Morgan fingerprint density at radius 1 is 1.10 bits per heavy atom. The Bertz CT molecular complexity index is 460. The fraction of sp³-hybridized carbons (Fsp3) is 0.467. The third kappa shape index (κ3) is 3.81. The predicted molar refractivity (Wildman–Crippen MR) is 72.9 cm³/mol. The van der Waals surface area contributed by atoms with Crippen molar-refractivity contribution in [3.63, 3.8) is 0 Å². The number of hydrogen-bond donors (Lipinski definition) is 1. The maximum Gasteiger partial charge on any atom is 0.314 e. The molecule has 0 spiro atoms. The Balaban J connectivity index is 2.13. The van der Waals surface area contributed by atoms with Crippen LogP contribution in [0.3, 0.4) is 0 Å². The highest BCUT2D eigenvalue weighted by atomic mass is 16.6. The Morgan fingerprint density at radius 2 is 1.80 bits per heavy atom. The minimum Gasteiger partial charge on any atom is -0.465 e. The number of esters is 2. The number of rotatable bonds is 3. The fourth-order valence-corrected chi connectivity index (χ4v) is 2.21. The fourth-order valence-electron chi connectivity index (χ4n) is 2.21. The number of nitrogens with two attached hydrogens (primary N) is 1. The average Bonchev–Trinajstić information content (AvgIpc) is 2.53. The molecule has 1 saturated heterocycles. The third-order valence-corrected chi connectivity index (χ3v) is 3.37. The summed E-state index contributed by atoms with van der Waals surface area (Å²) in [5, 5.41) is 0. The van der Waals surface area contributed by atoms with Crippen molar-refractivity contribution in [1.82, 2.24) is 0 Å². The number of ether oxygens (including phenoxy) is 2. The van der Waals surface area contributed by atoms with Crippen LogP contribution in [0.15, 0.2) is 30.3 Å². The highest BCUT2D eigenvalue weighted by Crippen LogP contribution is 2.24. The zero-order valence-corrected chi connectivity index (χ0v) is 11.3. The second kappa shape index (κ2) is 7.05. The molecule has 2 N–H and O–H groups in total. The summed E-state index contributed by atoms with van der Waals surface area (Å²) in [6.45, 7) is 0.972. The van der Waals surface area contributed by atoms with Gasteiger partial charge >= 0.3 is 11.9 Å². The van der Waals surface area contributed by atoms with Crippen LogP contribution in [0.5, 0.6) is 0 Å². The second-order valence-corrected chi connectivity index (χ2v) is 4.92. The van der Waals surface area contributed by atoms with E-state index in [-0.39, 0.29) is 37.5 Å². The molecule has 1 heterocycles. The largest absolute Gasteiger partial charge is 0.465 e. The molecule has 5 nitrogen and oxygen atoms in total. The number of benzene rings is 1. The van der Waals surface area contributed by atoms with Crippen LogP contribution in [0.1, 0.15) is 24.3 Å². The lowest BCUT2D eigenvalue weighted by molar-refractivity contribution is -0.149. The first-order valence-electron chi connectivity index (χ1n) is 6.78. The van der Waals surface area contributed by atoms with Gasteiger partial charge in [-0.2, -0.15) is 0 Å². The molecule has 2 atom stereocenters. The molecule has 20 heavy (non-hydrogen) atoms. The predicted octanol–water partition coefficient (Wildman–Crippen LogP) is 1.23. The van der Waals surface area contributed by atoms with Crippen LogP contribution in [-0.2, 0) is 19.1 Å². The van der Waals surface area contributed by atoms with Crippen molar-refractivity contribution in [2.24, 2.45) is 11.7 Å². The molecule has 2 unspecified atom stereocenters. The molecule has 1 aromatic carbocycles. The zero-order chi connectivity index (χ0) is 14.4. The molecule has 2 rings (SSSR count). The first-order valence-corrected chi connectivity index (χ1v) is 6.78. The van der Waals surface area contributed by atoms with Crippen LogP contribution in [0.2, 0.25) is 0 Å². The van der Waals surface area contributed by atoms with E-state index in [4.69, 9.17) is 15.2 Å². The van der Waals surface area contributed by atoms with Gasteiger partial charge in [0.2, 0.25) is 0 Å². The summed E-state index contributed by atoms with van der Waals surface area (Å²) in [4.78, 5) is 24.0. The summed E-state index contributed by atoms with van der Waals surface area (Å²) in [6.07, 6.45) is 0.675. The summed E-state index contributed by atoms with van der Waals surface area (Å²) >= 11 is 0. The van der Waals surface area contributed by atoms with Gasteiger partial charge in [0.25, 0.3) is 0 Å². The van der Waals surface area contributed by atoms with Crippen molar-refractivity contribution in [2.45, 2.75) is 18.8 Å². The lowest BCUT2D eigenvalue weighted by atomic mass is 9.96. The molecule has 1 aliphatic heterocycles. The molecule has 0 radical (unpaired) electrons. The SMILES string of the molecule is NCCC1COC(=O)CC(c2ccccc2)C(=O)OC1. The minimum absolute atomic E-state index is 0.0121. The maximum absolute atomic E-state index is 12.2. The Labute approximate surface area is 118 Å². The molecule has 1 aromatic rings. The Morgan fingerprint density at radius 3 is 2.50 bits per heavy atom. The maximum atomic E-state index is 12.2. The van der Waals surface area contributed by atoms with Gasteiger partial charge in [-0.15, -0.1) is 0 Å². The van der Waals surface area contributed by atoms with E-state index in [0.29, 0.717) is 13.0 Å². The molecule has 1 fully saturated rings. The van der Waals surface area contributed by atoms with Gasteiger partial charge in [-0.25, -0.2) is 0 Å². The molecule has 0 aliphatic carbocycles. The van der Waals surface area contributed by atoms with Crippen molar-refractivity contribution >= 4 is 11.9 Å². The van der Waals surface area contributed by atoms with Gasteiger partial charge in [0.05, 0.1) is 25.6 Å². The van der Waals surface area contributed by atoms with E-state index < -0.39 is 5.92 Å². The average molecular weight is 277 g/mol. The first kappa shape index (κ1) is 14.5. The van der Waals surface area contributed by atoms with Crippen LogP contribution in [0, 0.1) is 5.92 Å². The molecule has 0 saturated carbocycles. The molecule has 0 amide bonds. The van der Waals surface area contributed by atoms with Crippen molar-refractivity contribution < 1.29 is 19.1 Å². The van der Waals surface area contributed by atoms with E-state index in [1.807, 2.05) is 30.3 Å². The molecule has 0 aromatic heterocycles. The van der Waals surface area contributed by atoms with Gasteiger partial charge in [-0.3, -0.25) is 9.59 Å². The van der Waals surface area contributed by atoms with E-state index in [9.17, 15) is 9.59 Å². The van der Waals surface area contributed by atoms with E-state index >= 15 is 0 Å². The van der Waals surface area contributed by atoms with E-state index in [1.165, 1.54) is 0 Å². The van der Waals surface area contributed by atoms with Crippen LogP contribution < -0.4 is 5.73 Å². The van der Waals surface area contributed by atoms with Crippen LogP contribution in [-0.4, -0.2) is 31.7 Å². The quantitative estimate of drug-likeness (QED) is 0.841.